The molecule has 2 N–H and O–H groups in total. The molecule has 0 radical (unpaired) electrons. The molecule has 0 fully saturated rings. The van der Waals surface area contributed by atoms with Gasteiger partial charge in [0.05, 0.1) is 29.1 Å². The Morgan fingerprint density at radius 3 is 2.76 bits per heavy atom. The number of nitrogens with two attached hydrogens (primary N) is 1. The van der Waals surface area contributed by atoms with Crippen molar-refractivity contribution >= 4 is 27.4 Å². The predicted molar refractivity (Wildman–Crippen MR) is 75.4 cm³/mol. The van der Waals surface area contributed by atoms with Crippen LogP contribution in [0.25, 0.3) is 0 Å². The average Bonchev–Trinajstić information content (AvgIpc) is 2.25. The summed E-state index contributed by atoms with van der Waals surface area (Å²) in [5.74, 6) is 0.893. The van der Waals surface area contributed by atoms with Crippen molar-refractivity contribution in [3.8, 4) is 0 Å². The zero-order valence-electron chi connectivity index (χ0n) is 10.8. The molecule has 1 aromatic heterocycles. The van der Waals surface area contributed by atoms with Crippen LogP contribution in [0, 0.1) is 6.92 Å². The lowest BCUT2D eigenvalue weighted by atomic mass is 10.2. The fraction of sp³-hybridized carbons (Fsp3) is 0.583. The number of nitrogens with zero attached hydrogens (tertiary/aromatic N) is 2. The van der Waals surface area contributed by atoms with E-state index in [9.17, 15) is 0 Å². The highest BCUT2D eigenvalue weighted by atomic mass is 79.9. The smallest absolute Gasteiger partial charge is 0.143 e. The summed E-state index contributed by atoms with van der Waals surface area (Å²) in [7, 11) is 1.99. The maximum Gasteiger partial charge on any atom is 0.143 e. The number of likely N-dealkylation sites (N-methyl/N-ethyl adjacent to an activating group) is 1. The number of nitrogen functional groups attached to an aromatic ring is 1. The van der Waals surface area contributed by atoms with Crippen LogP contribution in [0.1, 0.15) is 19.4 Å². The topological polar surface area (TPSA) is 51.4 Å². The van der Waals surface area contributed by atoms with Crippen LogP contribution in [0.4, 0.5) is 11.5 Å². The summed E-state index contributed by atoms with van der Waals surface area (Å²) in [5, 5.41) is 0. The van der Waals surface area contributed by atoms with Crippen molar-refractivity contribution in [1.29, 1.82) is 0 Å². The minimum Gasteiger partial charge on any atom is -0.397 e. The number of hydrogen-bond acceptors (Lipinski definition) is 4. The molecule has 0 atom stereocenters. The van der Waals surface area contributed by atoms with Crippen LogP contribution >= 0.6 is 15.9 Å². The van der Waals surface area contributed by atoms with E-state index in [1.165, 1.54) is 0 Å². The van der Waals surface area contributed by atoms with Crippen LogP contribution < -0.4 is 10.6 Å². The predicted octanol–water partition coefficient (Wildman–Crippen LogP) is 2.60. The molecule has 0 saturated carbocycles. The maximum absolute atomic E-state index is 5.79. The van der Waals surface area contributed by atoms with Gasteiger partial charge in [0, 0.05) is 13.6 Å². The van der Waals surface area contributed by atoms with Crippen molar-refractivity contribution in [3.63, 3.8) is 0 Å². The average molecular weight is 302 g/mol. The van der Waals surface area contributed by atoms with Gasteiger partial charge in [-0.05, 0) is 42.3 Å². The lowest BCUT2D eigenvalue weighted by Crippen LogP contribution is -2.25. The van der Waals surface area contributed by atoms with Gasteiger partial charge in [0.2, 0.25) is 0 Å². The van der Waals surface area contributed by atoms with E-state index in [1.807, 2.05) is 27.8 Å². The summed E-state index contributed by atoms with van der Waals surface area (Å²) >= 11 is 3.53. The van der Waals surface area contributed by atoms with Crippen LogP contribution in [0.3, 0.4) is 0 Å². The van der Waals surface area contributed by atoms with E-state index in [0.29, 0.717) is 12.3 Å². The molecule has 0 spiro atoms. The van der Waals surface area contributed by atoms with Gasteiger partial charge in [-0.1, -0.05) is 0 Å². The summed E-state index contributed by atoms with van der Waals surface area (Å²) in [5.41, 5.74) is 7.52. The molecule has 0 aromatic carbocycles. The molecular formula is C12H20BrN3O. The fourth-order valence-electron chi connectivity index (χ4n) is 1.38. The number of aromatic nitrogens is 1. The van der Waals surface area contributed by atoms with Gasteiger partial charge in [-0.25, -0.2) is 4.98 Å². The van der Waals surface area contributed by atoms with E-state index < -0.39 is 0 Å². The molecule has 0 saturated heterocycles. The van der Waals surface area contributed by atoms with Crippen LogP contribution in [-0.2, 0) is 4.74 Å². The minimum absolute atomic E-state index is 0.257. The highest BCUT2D eigenvalue weighted by molar-refractivity contribution is 9.10. The Morgan fingerprint density at radius 1 is 1.53 bits per heavy atom. The van der Waals surface area contributed by atoms with Crippen molar-refractivity contribution < 1.29 is 4.74 Å². The normalized spacial score (nSPS) is 10.9. The van der Waals surface area contributed by atoms with Gasteiger partial charge in [0.25, 0.3) is 0 Å². The first-order chi connectivity index (χ1) is 7.93. The van der Waals surface area contributed by atoms with Crippen molar-refractivity contribution in [1.82, 2.24) is 4.98 Å². The van der Waals surface area contributed by atoms with E-state index in [2.05, 4.69) is 25.8 Å². The third-order valence-electron chi connectivity index (χ3n) is 2.52. The number of anilines is 2. The second-order valence-electron chi connectivity index (χ2n) is 4.32. The Hall–Kier alpha value is -0.810. The molecule has 0 aliphatic heterocycles. The number of halogens is 1. The second-order valence-corrected chi connectivity index (χ2v) is 5.11. The summed E-state index contributed by atoms with van der Waals surface area (Å²) in [6.45, 7) is 7.52. The lowest BCUT2D eigenvalue weighted by molar-refractivity contribution is 0.0845. The number of rotatable bonds is 5. The van der Waals surface area contributed by atoms with Crippen LogP contribution in [0.15, 0.2) is 10.7 Å². The SMILES string of the molecule is Cc1c(N)cnc(N(C)CCOC(C)C)c1Br. The quantitative estimate of drug-likeness (QED) is 0.908. The van der Waals surface area contributed by atoms with Crippen molar-refractivity contribution in [2.24, 2.45) is 0 Å². The first-order valence-electron chi connectivity index (χ1n) is 5.66. The van der Waals surface area contributed by atoms with E-state index in [0.717, 1.165) is 22.4 Å². The summed E-state index contributed by atoms with van der Waals surface area (Å²) in [6.07, 6.45) is 1.95. The lowest BCUT2D eigenvalue weighted by Gasteiger charge is -2.21. The Balaban J connectivity index is 2.69. The Bertz CT molecular complexity index is 382. The first kappa shape index (κ1) is 14.3. The molecule has 0 bridgehead atoms. The van der Waals surface area contributed by atoms with Gasteiger partial charge in [0.15, 0.2) is 0 Å². The fourth-order valence-corrected chi connectivity index (χ4v) is 2.01. The summed E-state index contributed by atoms with van der Waals surface area (Å²) in [4.78, 5) is 6.39. The van der Waals surface area contributed by atoms with Gasteiger partial charge >= 0.3 is 0 Å². The molecule has 0 unspecified atom stereocenters. The molecule has 0 aliphatic carbocycles. The first-order valence-corrected chi connectivity index (χ1v) is 6.46. The molecule has 0 amide bonds. The minimum atomic E-state index is 0.257. The van der Waals surface area contributed by atoms with Crippen LogP contribution in [-0.4, -0.2) is 31.3 Å². The maximum atomic E-state index is 5.79. The van der Waals surface area contributed by atoms with Gasteiger partial charge < -0.3 is 15.4 Å². The van der Waals surface area contributed by atoms with Gasteiger partial charge in [-0.3, -0.25) is 0 Å². The highest BCUT2D eigenvalue weighted by Crippen LogP contribution is 2.29. The monoisotopic (exact) mass is 301 g/mol. The molecule has 1 rings (SSSR count). The molecule has 5 heteroatoms. The summed E-state index contributed by atoms with van der Waals surface area (Å²) in [6, 6.07) is 0. The highest BCUT2D eigenvalue weighted by Gasteiger charge is 2.11. The molecule has 0 aliphatic rings. The zero-order valence-corrected chi connectivity index (χ0v) is 12.4. The van der Waals surface area contributed by atoms with Gasteiger partial charge in [-0.2, -0.15) is 0 Å². The van der Waals surface area contributed by atoms with E-state index in [1.54, 1.807) is 6.20 Å². The van der Waals surface area contributed by atoms with Crippen molar-refractivity contribution in [3.05, 3.63) is 16.2 Å². The Labute approximate surface area is 111 Å². The van der Waals surface area contributed by atoms with Gasteiger partial charge in [0.1, 0.15) is 5.82 Å². The Morgan fingerprint density at radius 2 is 2.18 bits per heavy atom. The standard InChI is InChI=1S/C12H20BrN3O/c1-8(2)17-6-5-16(4)12-11(13)9(3)10(14)7-15-12/h7-8H,5-6,14H2,1-4H3. The molecule has 4 nitrogen and oxygen atoms in total. The molecule has 1 aromatic rings. The number of ether oxygens (including phenoxy) is 1. The third kappa shape index (κ3) is 3.85. The third-order valence-corrected chi connectivity index (χ3v) is 3.47. The molecule has 17 heavy (non-hydrogen) atoms. The van der Waals surface area contributed by atoms with Gasteiger partial charge in [-0.15, -0.1) is 0 Å². The second kappa shape index (κ2) is 6.21. The van der Waals surface area contributed by atoms with Crippen molar-refractivity contribution in [2.75, 3.05) is 30.8 Å². The van der Waals surface area contributed by atoms with E-state index in [-0.39, 0.29) is 6.10 Å². The summed E-state index contributed by atoms with van der Waals surface area (Å²) < 4.78 is 6.47. The number of hydrogen-bond donors (Lipinski definition) is 1. The van der Waals surface area contributed by atoms with Crippen LogP contribution in [0.2, 0.25) is 0 Å². The zero-order chi connectivity index (χ0) is 13.0. The molecule has 96 valence electrons. The van der Waals surface area contributed by atoms with E-state index in [4.69, 9.17) is 10.5 Å². The van der Waals surface area contributed by atoms with Crippen LogP contribution in [0.5, 0.6) is 0 Å². The van der Waals surface area contributed by atoms with Crippen molar-refractivity contribution in [2.45, 2.75) is 26.9 Å². The van der Waals surface area contributed by atoms with E-state index >= 15 is 0 Å². The number of pyridine rings is 1. The molecular weight excluding hydrogens is 282 g/mol. The molecule has 1 heterocycles. The largest absolute Gasteiger partial charge is 0.397 e. The Kier molecular flexibility index (Phi) is 5.21.